The van der Waals surface area contributed by atoms with E-state index in [1.807, 2.05) is 49.4 Å². The summed E-state index contributed by atoms with van der Waals surface area (Å²) in [7, 11) is -3.62. The van der Waals surface area contributed by atoms with E-state index in [0.717, 1.165) is 33.2 Å². The summed E-state index contributed by atoms with van der Waals surface area (Å²) in [6.07, 6.45) is 1.27. The maximum absolute atomic E-state index is 12.0. The number of nitrogens with zero attached hydrogens (tertiary/aromatic N) is 1. The Morgan fingerprint density at radius 2 is 1.88 bits per heavy atom. The van der Waals surface area contributed by atoms with Gasteiger partial charge in [0, 0.05) is 5.75 Å². The van der Waals surface area contributed by atoms with Gasteiger partial charge in [0.05, 0.1) is 10.2 Å². The number of aromatic nitrogens is 1. The van der Waals surface area contributed by atoms with Gasteiger partial charge in [-0.3, -0.25) is 0 Å². The van der Waals surface area contributed by atoms with Crippen molar-refractivity contribution in [2.75, 3.05) is 5.75 Å². The summed E-state index contributed by atoms with van der Waals surface area (Å²) < 4.78 is 26.1. The Hall–Kier alpha value is -1.41. The summed E-state index contributed by atoms with van der Waals surface area (Å²) in [5, 5.41) is 4.80. The Labute approximate surface area is 156 Å². The van der Waals surface area contributed by atoms with E-state index >= 15 is 0 Å². The molecular weight excluding hydrogens is 372 g/mol. The molecule has 0 aliphatic rings. The van der Waals surface area contributed by atoms with Gasteiger partial charge in [0.1, 0.15) is 5.25 Å². The SMILES string of the molecule is Cc1ccc(C(CCCSc2nc3ccccc3s2)S(N)(=O)=O)cc1. The minimum atomic E-state index is -3.62. The summed E-state index contributed by atoms with van der Waals surface area (Å²) >= 11 is 3.34. The van der Waals surface area contributed by atoms with Gasteiger partial charge < -0.3 is 0 Å². The van der Waals surface area contributed by atoms with Crippen LogP contribution >= 0.6 is 23.1 Å². The number of aryl methyl sites for hydroxylation is 1. The summed E-state index contributed by atoms with van der Waals surface area (Å²) in [5.41, 5.74) is 2.87. The highest BCUT2D eigenvalue weighted by atomic mass is 32.2. The van der Waals surface area contributed by atoms with Gasteiger partial charge in [-0.2, -0.15) is 0 Å². The fraction of sp³-hybridized carbons (Fsp3) is 0.278. The maximum atomic E-state index is 12.0. The third-order valence-electron chi connectivity index (χ3n) is 3.96. The molecule has 0 fully saturated rings. The van der Waals surface area contributed by atoms with Crippen molar-refractivity contribution < 1.29 is 8.42 Å². The lowest BCUT2D eigenvalue weighted by atomic mass is 10.1. The number of primary sulfonamides is 1. The quantitative estimate of drug-likeness (QED) is 0.474. The number of benzene rings is 2. The molecule has 2 aromatic carbocycles. The second-order valence-corrected chi connectivity index (χ2v) is 10.0. The number of rotatable bonds is 7. The molecule has 0 saturated carbocycles. The molecule has 2 N–H and O–H groups in total. The Bertz CT molecular complexity index is 917. The summed E-state index contributed by atoms with van der Waals surface area (Å²) in [6.45, 7) is 1.98. The van der Waals surface area contributed by atoms with Crippen LogP contribution in [-0.2, 0) is 10.0 Å². The van der Waals surface area contributed by atoms with Crippen LogP contribution < -0.4 is 5.14 Å². The van der Waals surface area contributed by atoms with Crippen LogP contribution in [-0.4, -0.2) is 19.2 Å². The van der Waals surface area contributed by atoms with E-state index in [9.17, 15) is 8.42 Å². The molecule has 0 amide bonds. The normalized spacial score (nSPS) is 13.2. The van der Waals surface area contributed by atoms with Gasteiger partial charge >= 0.3 is 0 Å². The molecule has 132 valence electrons. The minimum Gasteiger partial charge on any atom is -0.230 e. The Morgan fingerprint density at radius 3 is 2.56 bits per heavy atom. The molecule has 1 atom stereocenters. The molecule has 4 nitrogen and oxygen atoms in total. The van der Waals surface area contributed by atoms with Crippen molar-refractivity contribution in [2.45, 2.75) is 29.4 Å². The molecule has 1 heterocycles. The molecule has 25 heavy (non-hydrogen) atoms. The Kier molecular flexibility index (Phi) is 5.78. The largest absolute Gasteiger partial charge is 0.230 e. The van der Waals surface area contributed by atoms with Gasteiger partial charge in [0.25, 0.3) is 0 Å². The average molecular weight is 393 g/mol. The van der Waals surface area contributed by atoms with Crippen LogP contribution in [0.5, 0.6) is 0 Å². The predicted octanol–water partition coefficient (Wildman–Crippen LogP) is 4.51. The van der Waals surface area contributed by atoms with Crippen molar-refractivity contribution in [3.63, 3.8) is 0 Å². The van der Waals surface area contributed by atoms with Gasteiger partial charge in [0.15, 0.2) is 4.34 Å². The van der Waals surface area contributed by atoms with Crippen LogP contribution in [0.3, 0.4) is 0 Å². The van der Waals surface area contributed by atoms with Gasteiger partial charge in [-0.15, -0.1) is 11.3 Å². The lowest BCUT2D eigenvalue weighted by molar-refractivity contribution is 0.575. The van der Waals surface area contributed by atoms with Crippen LogP contribution in [0.15, 0.2) is 52.9 Å². The van der Waals surface area contributed by atoms with Gasteiger partial charge in [-0.05, 0) is 37.5 Å². The summed E-state index contributed by atoms with van der Waals surface area (Å²) in [6, 6.07) is 15.6. The zero-order chi connectivity index (χ0) is 17.9. The molecule has 1 unspecified atom stereocenters. The van der Waals surface area contributed by atoms with Crippen molar-refractivity contribution in [1.82, 2.24) is 4.98 Å². The number of thiazole rings is 1. The van der Waals surface area contributed by atoms with Crippen LogP contribution in [0.2, 0.25) is 0 Å². The first-order chi connectivity index (χ1) is 11.9. The van der Waals surface area contributed by atoms with E-state index in [1.165, 1.54) is 4.70 Å². The third-order valence-corrected chi connectivity index (χ3v) is 7.52. The van der Waals surface area contributed by atoms with E-state index in [2.05, 4.69) is 11.1 Å². The highest BCUT2D eigenvalue weighted by molar-refractivity contribution is 8.01. The first-order valence-electron chi connectivity index (χ1n) is 8.00. The van der Waals surface area contributed by atoms with Crippen molar-refractivity contribution in [1.29, 1.82) is 0 Å². The predicted molar refractivity (Wildman–Crippen MR) is 107 cm³/mol. The molecule has 0 radical (unpaired) electrons. The van der Waals surface area contributed by atoms with Crippen LogP contribution in [0, 0.1) is 6.92 Å². The zero-order valence-corrected chi connectivity index (χ0v) is 16.3. The monoisotopic (exact) mass is 392 g/mol. The van der Waals surface area contributed by atoms with Crippen LogP contribution in [0.1, 0.15) is 29.2 Å². The fourth-order valence-corrected chi connectivity index (χ4v) is 5.77. The number of para-hydroxylation sites is 1. The molecule has 0 bridgehead atoms. The van der Waals surface area contributed by atoms with Crippen LogP contribution in [0.25, 0.3) is 10.2 Å². The molecule has 0 aliphatic heterocycles. The lowest BCUT2D eigenvalue weighted by Gasteiger charge is -2.15. The molecular formula is C18H20N2O2S3. The number of nitrogens with two attached hydrogens (primary N) is 1. The molecule has 0 aliphatic carbocycles. The summed E-state index contributed by atoms with van der Waals surface area (Å²) in [4.78, 5) is 4.58. The lowest BCUT2D eigenvalue weighted by Crippen LogP contribution is -2.22. The number of hydrogen-bond acceptors (Lipinski definition) is 5. The first-order valence-corrected chi connectivity index (χ1v) is 11.4. The van der Waals surface area contributed by atoms with Crippen LogP contribution in [0.4, 0.5) is 0 Å². The Balaban J connectivity index is 1.60. The van der Waals surface area contributed by atoms with E-state index in [-0.39, 0.29) is 0 Å². The van der Waals surface area contributed by atoms with Crippen molar-refractivity contribution in [3.05, 3.63) is 59.7 Å². The standard InChI is InChI=1S/C18H20N2O2S3/c1-13-8-10-14(11-9-13)17(25(19,21)22)7-4-12-23-18-20-15-5-2-3-6-16(15)24-18/h2-3,5-6,8-11,17H,4,7,12H2,1H3,(H2,19,21,22). The molecule has 3 rings (SSSR count). The second kappa shape index (κ2) is 7.86. The van der Waals surface area contributed by atoms with E-state index < -0.39 is 15.3 Å². The number of fused-ring (bicyclic) bond motifs is 1. The number of hydrogen-bond donors (Lipinski definition) is 1. The van der Waals surface area contributed by atoms with E-state index in [0.29, 0.717) is 6.42 Å². The number of thioether (sulfide) groups is 1. The Morgan fingerprint density at radius 1 is 1.16 bits per heavy atom. The topological polar surface area (TPSA) is 73.0 Å². The summed E-state index contributed by atoms with van der Waals surface area (Å²) in [5.74, 6) is 0.817. The van der Waals surface area contributed by atoms with Crippen molar-refractivity contribution in [2.24, 2.45) is 5.14 Å². The highest BCUT2D eigenvalue weighted by Gasteiger charge is 2.23. The highest BCUT2D eigenvalue weighted by Crippen LogP contribution is 2.31. The van der Waals surface area contributed by atoms with Gasteiger partial charge in [-0.25, -0.2) is 18.5 Å². The second-order valence-electron chi connectivity index (χ2n) is 5.93. The molecule has 1 aromatic heterocycles. The van der Waals surface area contributed by atoms with E-state index in [1.54, 1.807) is 23.1 Å². The zero-order valence-electron chi connectivity index (χ0n) is 13.9. The number of sulfonamides is 1. The van der Waals surface area contributed by atoms with Crippen molar-refractivity contribution in [3.8, 4) is 0 Å². The molecule has 0 spiro atoms. The van der Waals surface area contributed by atoms with E-state index in [4.69, 9.17) is 5.14 Å². The minimum absolute atomic E-state index is 0.514. The smallest absolute Gasteiger partial charge is 0.216 e. The third kappa shape index (κ3) is 4.82. The van der Waals surface area contributed by atoms with Gasteiger partial charge in [-0.1, -0.05) is 53.7 Å². The average Bonchev–Trinajstić information content (AvgIpc) is 2.97. The molecule has 3 aromatic rings. The molecule has 7 heteroatoms. The van der Waals surface area contributed by atoms with Crippen molar-refractivity contribution >= 4 is 43.3 Å². The fourth-order valence-electron chi connectivity index (χ4n) is 2.64. The molecule has 0 saturated heterocycles. The van der Waals surface area contributed by atoms with Gasteiger partial charge in [0.2, 0.25) is 10.0 Å². The first kappa shape index (κ1) is 18.4. The maximum Gasteiger partial charge on any atom is 0.216 e.